The average molecular weight is 399 g/mol. The molecule has 3 heterocycles. The highest BCUT2D eigenvalue weighted by molar-refractivity contribution is 5.93. The molecule has 4 rings (SSSR count). The lowest BCUT2D eigenvalue weighted by Crippen LogP contribution is -2.44. The van der Waals surface area contributed by atoms with Crippen molar-refractivity contribution in [2.45, 2.75) is 63.4 Å². The van der Waals surface area contributed by atoms with Gasteiger partial charge < -0.3 is 10.1 Å². The summed E-state index contributed by atoms with van der Waals surface area (Å²) in [6.07, 6.45) is 7.18. The van der Waals surface area contributed by atoms with E-state index >= 15 is 0 Å². The smallest absolute Gasteiger partial charge is 0.328 e. The van der Waals surface area contributed by atoms with Gasteiger partial charge in [0.05, 0.1) is 11.1 Å². The van der Waals surface area contributed by atoms with E-state index in [4.69, 9.17) is 4.74 Å². The maximum atomic E-state index is 12.4. The summed E-state index contributed by atoms with van der Waals surface area (Å²) in [6.45, 7) is 4.37. The van der Waals surface area contributed by atoms with Crippen LogP contribution in [0.25, 0.3) is 0 Å². The quantitative estimate of drug-likeness (QED) is 0.700. The van der Waals surface area contributed by atoms with Crippen molar-refractivity contribution in [2.24, 2.45) is 0 Å². The van der Waals surface area contributed by atoms with Gasteiger partial charge in [0.15, 0.2) is 0 Å². The normalized spacial score (nSPS) is 22.7. The first-order valence-corrected chi connectivity index (χ1v) is 10.1. The molecule has 29 heavy (non-hydrogen) atoms. The second-order valence-corrected chi connectivity index (χ2v) is 8.11. The Morgan fingerprint density at radius 2 is 2.03 bits per heavy atom. The Kier molecular flexibility index (Phi) is 4.97. The van der Waals surface area contributed by atoms with Crippen LogP contribution in [-0.4, -0.2) is 38.0 Å². The summed E-state index contributed by atoms with van der Waals surface area (Å²) in [7, 11) is 0. The predicted octanol–water partition coefficient (Wildman–Crippen LogP) is 1.59. The van der Waals surface area contributed by atoms with Gasteiger partial charge in [-0.05, 0) is 19.3 Å². The van der Waals surface area contributed by atoms with Crippen LogP contribution >= 0.6 is 0 Å². The first-order chi connectivity index (χ1) is 13.9. The molecule has 0 radical (unpaired) electrons. The summed E-state index contributed by atoms with van der Waals surface area (Å²) in [4.78, 5) is 49.8. The van der Waals surface area contributed by atoms with Gasteiger partial charge in [0, 0.05) is 37.2 Å². The first-order valence-electron chi connectivity index (χ1n) is 10.1. The Balaban J connectivity index is 1.46. The van der Waals surface area contributed by atoms with Crippen molar-refractivity contribution in [2.75, 3.05) is 6.54 Å². The van der Waals surface area contributed by atoms with Crippen LogP contribution in [0.1, 0.15) is 79.5 Å². The minimum atomic E-state index is -0.580. The fourth-order valence-electron chi connectivity index (χ4n) is 4.41. The molecule has 1 amide bonds. The summed E-state index contributed by atoms with van der Waals surface area (Å²) in [5, 5.41) is 2.90. The van der Waals surface area contributed by atoms with E-state index in [0.717, 1.165) is 25.7 Å². The highest BCUT2D eigenvalue weighted by atomic mass is 16.5. The number of rotatable bonds is 5. The van der Waals surface area contributed by atoms with Crippen molar-refractivity contribution >= 4 is 5.91 Å². The SMILES string of the molecule is CC(C)c1ncc(C(=O)NCC[C@@]23CCCC[C@@H]2c2c([nH]c(=O)[nH]c2=O)O3)cn1. The number of hydrogen-bond acceptors (Lipinski definition) is 6. The van der Waals surface area contributed by atoms with Crippen LogP contribution in [0.15, 0.2) is 22.0 Å². The van der Waals surface area contributed by atoms with Crippen molar-refractivity contribution in [1.29, 1.82) is 0 Å². The van der Waals surface area contributed by atoms with E-state index in [1.807, 2.05) is 13.8 Å². The van der Waals surface area contributed by atoms with Gasteiger partial charge >= 0.3 is 5.69 Å². The molecule has 0 saturated heterocycles. The van der Waals surface area contributed by atoms with Crippen LogP contribution < -0.4 is 21.3 Å². The fraction of sp³-hybridized carbons (Fsp3) is 0.550. The lowest BCUT2D eigenvalue weighted by molar-refractivity contribution is 0.0245. The van der Waals surface area contributed by atoms with Gasteiger partial charge in [-0.3, -0.25) is 19.6 Å². The van der Waals surface area contributed by atoms with Crippen LogP contribution in [0, 0.1) is 0 Å². The topological polar surface area (TPSA) is 130 Å². The van der Waals surface area contributed by atoms with Crippen molar-refractivity contribution in [3.05, 3.63) is 50.2 Å². The molecule has 154 valence electrons. The number of amides is 1. The average Bonchev–Trinajstić information content (AvgIpc) is 3.02. The van der Waals surface area contributed by atoms with E-state index in [0.29, 0.717) is 29.9 Å². The highest BCUT2D eigenvalue weighted by Gasteiger charge is 2.51. The Labute approximate surface area is 167 Å². The number of carbonyl (C=O) groups is 1. The molecule has 9 nitrogen and oxygen atoms in total. The Bertz CT molecular complexity index is 1030. The van der Waals surface area contributed by atoms with E-state index in [1.54, 1.807) is 0 Å². The van der Waals surface area contributed by atoms with Gasteiger partial charge in [0.1, 0.15) is 11.4 Å². The van der Waals surface area contributed by atoms with E-state index in [-0.39, 0.29) is 29.2 Å². The Hall–Kier alpha value is -2.97. The van der Waals surface area contributed by atoms with E-state index in [2.05, 4.69) is 25.3 Å². The zero-order chi connectivity index (χ0) is 20.6. The molecular weight excluding hydrogens is 374 g/mol. The maximum Gasteiger partial charge on any atom is 0.328 e. The first kappa shape index (κ1) is 19.4. The Morgan fingerprint density at radius 3 is 2.76 bits per heavy atom. The number of nitrogens with one attached hydrogen (secondary N) is 3. The van der Waals surface area contributed by atoms with E-state index in [1.165, 1.54) is 12.4 Å². The van der Waals surface area contributed by atoms with Crippen LogP contribution in [-0.2, 0) is 0 Å². The molecule has 1 aliphatic carbocycles. The molecule has 2 aromatic heterocycles. The minimum Gasteiger partial charge on any atom is -0.471 e. The summed E-state index contributed by atoms with van der Waals surface area (Å²) < 4.78 is 6.14. The largest absolute Gasteiger partial charge is 0.471 e. The van der Waals surface area contributed by atoms with Gasteiger partial charge in [0.25, 0.3) is 11.5 Å². The lowest BCUT2D eigenvalue weighted by Gasteiger charge is -2.38. The zero-order valence-electron chi connectivity index (χ0n) is 16.6. The van der Waals surface area contributed by atoms with Gasteiger partial charge in [-0.2, -0.15) is 0 Å². The van der Waals surface area contributed by atoms with E-state index in [9.17, 15) is 14.4 Å². The molecule has 0 aromatic carbocycles. The molecule has 0 bridgehead atoms. The van der Waals surface area contributed by atoms with Crippen LogP contribution in [0.5, 0.6) is 5.88 Å². The van der Waals surface area contributed by atoms with Crippen molar-refractivity contribution < 1.29 is 9.53 Å². The summed E-state index contributed by atoms with van der Waals surface area (Å²) in [6, 6.07) is 0. The number of H-pyrrole nitrogens is 2. The monoisotopic (exact) mass is 399 g/mol. The third-order valence-corrected chi connectivity index (χ3v) is 5.86. The van der Waals surface area contributed by atoms with Crippen LogP contribution in [0.3, 0.4) is 0 Å². The number of ether oxygens (including phenoxy) is 1. The molecule has 1 aliphatic heterocycles. The Morgan fingerprint density at radius 1 is 1.28 bits per heavy atom. The number of aromatic amines is 2. The molecular formula is C20H25N5O4. The summed E-state index contributed by atoms with van der Waals surface area (Å²) >= 11 is 0. The third kappa shape index (κ3) is 3.56. The molecule has 0 spiro atoms. The highest BCUT2D eigenvalue weighted by Crippen LogP contribution is 2.51. The van der Waals surface area contributed by atoms with Crippen molar-refractivity contribution in [1.82, 2.24) is 25.3 Å². The molecule has 1 fully saturated rings. The van der Waals surface area contributed by atoms with Gasteiger partial charge in [-0.25, -0.2) is 14.8 Å². The summed E-state index contributed by atoms with van der Waals surface area (Å²) in [5.74, 6) is 0.838. The molecule has 2 aliphatic rings. The van der Waals surface area contributed by atoms with Crippen LogP contribution in [0.4, 0.5) is 0 Å². The van der Waals surface area contributed by atoms with Gasteiger partial charge in [-0.15, -0.1) is 0 Å². The van der Waals surface area contributed by atoms with Crippen molar-refractivity contribution in [3.8, 4) is 5.88 Å². The maximum absolute atomic E-state index is 12.4. The molecule has 0 unspecified atom stereocenters. The van der Waals surface area contributed by atoms with Crippen LogP contribution in [0.2, 0.25) is 0 Å². The lowest BCUT2D eigenvalue weighted by atomic mass is 9.72. The second kappa shape index (κ2) is 7.46. The molecule has 1 saturated carbocycles. The molecule has 3 N–H and O–H groups in total. The fourth-order valence-corrected chi connectivity index (χ4v) is 4.41. The number of nitrogens with zero attached hydrogens (tertiary/aromatic N) is 2. The molecule has 9 heteroatoms. The standard InChI is InChI=1S/C20H25N5O4/c1-11(2)15-22-9-12(10-23-15)16(26)21-8-7-20-6-4-3-5-13(20)14-17(27)24-19(28)25-18(14)29-20/h9-11,13H,3-8H2,1-2H3,(H,21,26)(H2,24,25,27,28)/t13-,20+/m1/s1. The predicted molar refractivity (Wildman–Crippen MR) is 105 cm³/mol. The molecule has 2 atom stereocenters. The van der Waals surface area contributed by atoms with Crippen molar-refractivity contribution in [3.63, 3.8) is 0 Å². The number of carbonyl (C=O) groups excluding carboxylic acids is 1. The van der Waals surface area contributed by atoms with Gasteiger partial charge in [-0.1, -0.05) is 20.3 Å². The second-order valence-electron chi connectivity index (χ2n) is 8.11. The van der Waals surface area contributed by atoms with E-state index < -0.39 is 11.3 Å². The number of fused-ring (bicyclic) bond motifs is 3. The summed E-state index contributed by atoms with van der Waals surface area (Å²) in [5.41, 5.74) is -0.607. The zero-order valence-corrected chi connectivity index (χ0v) is 16.6. The minimum absolute atomic E-state index is 0.0857. The van der Waals surface area contributed by atoms with Gasteiger partial charge in [0.2, 0.25) is 5.88 Å². The third-order valence-electron chi connectivity index (χ3n) is 5.86. The number of hydrogen-bond donors (Lipinski definition) is 3. The number of aromatic nitrogens is 4. The molecule has 2 aromatic rings.